The summed E-state index contributed by atoms with van der Waals surface area (Å²) < 4.78 is 1.79. The van der Waals surface area contributed by atoms with Crippen LogP contribution in [0.5, 0.6) is 0 Å². The molecule has 2 aromatic heterocycles. The minimum Gasteiger partial charge on any atom is -0.348 e. The normalized spacial score (nSPS) is 13.4. The van der Waals surface area contributed by atoms with Crippen molar-refractivity contribution in [1.82, 2.24) is 19.9 Å². The van der Waals surface area contributed by atoms with Gasteiger partial charge in [0.25, 0.3) is 5.91 Å². The van der Waals surface area contributed by atoms with Gasteiger partial charge >= 0.3 is 0 Å². The van der Waals surface area contributed by atoms with Gasteiger partial charge < -0.3 is 5.32 Å². The molecule has 0 aliphatic heterocycles. The summed E-state index contributed by atoms with van der Waals surface area (Å²) in [6, 6.07) is 3.88. The lowest BCUT2D eigenvalue weighted by Crippen LogP contribution is -2.32. The Kier molecular flexibility index (Phi) is 4.03. The number of nitrogens with one attached hydrogen (secondary N) is 1. The van der Waals surface area contributed by atoms with Crippen LogP contribution in [0.15, 0.2) is 12.1 Å². The molecule has 0 spiro atoms. The fourth-order valence-electron chi connectivity index (χ4n) is 2.01. The smallest absolute Gasteiger partial charge is 0.270 e. The first-order valence-electron chi connectivity index (χ1n) is 7.41. The molecule has 21 heavy (non-hydrogen) atoms. The number of hydrogen-bond donors (Lipinski definition) is 1. The Bertz CT molecular complexity index is 667. The van der Waals surface area contributed by atoms with Crippen molar-refractivity contribution in [2.75, 3.05) is 0 Å². The molecule has 2 rings (SSSR count). The largest absolute Gasteiger partial charge is 0.348 e. The van der Waals surface area contributed by atoms with Gasteiger partial charge in [0.1, 0.15) is 5.69 Å². The predicted molar refractivity (Wildman–Crippen MR) is 83.6 cm³/mol. The zero-order valence-electron chi connectivity index (χ0n) is 13.7. The molecule has 5 heteroatoms. The fraction of sp³-hybridized carbons (Fsp3) is 0.562. The Morgan fingerprint density at radius 1 is 1.38 bits per heavy atom. The van der Waals surface area contributed by atoms with E-state index in [1.165, 1.54) is 0 Å². The number of rotatable bonds is 3. The molecular formula is C16H24N4O. The highest BCUT2D eigenvalue weighted by Gasteiger charge is 2.20. The van der Waals surface area contributed by atoms with Crippen molar-refractivity contribution >= 4 is 11.6 Å². The fourth-order valence-corrected chi connectivity index (χ4v) is 2.01. The second-order valence-electron chi connectivity index (χ2n) is 6.62. The van der Waals surface area contributed by atoms with Crippen molar-refractivity contribution in [3.05, 3.63) is 29.2 Å². The summed E-state index contributed by atoms with van der Waals surface area (Å²) in [7, 11) is 0. The number of aromatic nitrogens is 3. The molecule has 5 nitrogen and oxygen atoms in total. The van der Waals surface area contributed by atoms with Gasteiger partial charge in [0, 0.05) is 23.2 Å². The van der Waals surface area contributed by atoms with Crippen molar-refractivity contribution in [3.8, 4) is 0 Å². The Morgan fingerprint density at radius 3 is 2.62 bits per heavy atom. The van der Waals surface area contributed by atoms with Crippen LogP contribution in [0.25, 0.3) is 5.65 Å². The first-order chi connectivity index (χ1) is 9.72. The maximum Gasteiger partial charge on any atom is 0.270 e. The average molecular weight is 288 g/mol. The molecular weight excluding hydrogens is 264 g/mol. The van der Waals surface area contributed by atoms with Crippen LogP contribution in [-0.4, -0.2) is 26.5 Å². The molecule has 0 bridgehead atoms. The molecule has 1 amide bonds. The Labute approximate surface area is 125 Å². The van der Waals surface area contributed by atoms with Gasteiger partial charge in [0.05, 0.1) is 5.69 Å². The van der Waals surface area contributed by atoms with Crippen molar-refractivity contribution in [2.45, 2.75) is 59.4 Å². The summed E-state index contributed by atoms with van der Waals surface area (Å²) in [6.07, 6.45) is 0.897. The van der Waals surface area contributed by atoms with Crippen LogP contribution in [0, 0.1) is 6.92 Å². The van der Waals surface area contributed by atoms with Gasteiger partial charge in [-0.25, -0.2) is 9.50 Å². The number of fused-ring (bicyclic) bond motifs is 1. The van der Waals surface area contributed by atoms with E-state index < -0.39 is 0 Å². The quantitative estimate of drug-likeness (QED) is 0.944. The summed E-state index contributed by atoms with van der Waals surface area (Å²) in [6.45, 7) is 12.3. The highest BCUT2D eigenvalue weighted by molar-refractivity contribution is 5.93. The molecule has 0 unspecified atom stereocenters. The zero-order valence-corrected chi connectivity index (χ0v) is 13.7. The average Bonchev–Trinajstić information content (AvgIpc) is 2.82. The van der Waals surface area contributed by atoms with E-state index in [0.29, 0.717) is 11.3 Å². The van der Waals surface area contributed by atoms with Crippen molar-refractivity contribution in [1.29, 1.82) is 0 Å². The molecule has 114 valence electrons. The van der Waals surface area contributed by atoms with Gasteiger partial charge in [-0.2, -0.15) is 5.10 Å². The van der Waals surface area contributed by atoms with Crippen LogP contribution in [0.2, 0.25) is 0 Å². The van der Waals surface area contributed by atoms with Crippen LogP contribution < -0.4 is 5.32 Å². The van der Waals surface area contributed by atoms with E-state index in [9.17, 15) is 4.79 Å². The standard InChI is InChI=1S/C16H24N4O/c1-7-10(2)17-15(21)12-8-11(3)20-14(18-12)9-13(19-20)16(4,5)6/h8-10H,7H2,1-6H3,(H,17,21)/t10-/m0/s1. The third-order valence-corrected chi connectivity index (χ3v) is 3.60. The Morgan fingerprint density at radius 2 is 2.05 bits per heavy atom. The van der Waals surface area contributed by atoms with E-state index in [0.717, 1.165) is 17.8 Å². The molecule has 1 atom stereocenters. The molecule has 0 fully saturated rings. The van der Waals surface area contributed by atoms with Gasteiger partial charge in [0.15, 0.2) is 5.65 Å². The number of aryl methyl sites for hydroxylation is 1. The molecule has 0 aliphatic carbocycles. The van der Waals surface area contributed by atoms with Gasteiger partial charge in [-0.1, -0.05) is 27.7 Å². The second kappa shape index (κ2) is 5.47. The van der Waals surface area contributed by atoms with E-state index in [-0.39, 0.29) is 17.4 Å². The summed E-state index contributed by atoms with van der Waals surface area (Å²) in [5, 5.41) is 7.53. The van der Waals surface area contributed by atoms with Crippen molar-refractivity contribution in [2.24, 2.45) is 0 Å². The molecule has 2 aromatic rings. The van der Waals surface area contributed by atoms with E-state index in [4.69, 9.17) is 0 Å². The highest BCUT2D eigenvalue weighted by Crippen LogP contribution is 2.22. The zero-order chi connectivity index (χ0) is 15.8. The maximum absolute atomic E-state index is 12.2. The van der Waals surface area contributed by atoms with E-state index in [1.807, 2.05) is 26.8 Å². The number of nitrogens with zero attached hydrogens (tertiary/aromatic N) is 3. The summed E-state index contributed by atoms with van der Waals surface area (Å²) in [5.74, 6) is -0.131. The van der Waals surface area contributed by atoms with Gasteiger partial charge in [-0.3, -0.25) is 4.79 Å². The second-order valence-corrected chi connectivity index (χ2v) is 6.62. The highest BCUT2D eigenvalue weighted by atomic mass is 16.1. The lowest BCUT2D eigenvalue weighted by Gasteiger charge is -2.13. The topological polar surface area (TPSA) is 59.3 Å². The van der Waals surface area contributed by atoms with Crippen molar-refractivity contribution < 1.29 is 4.79 Å². The van der Waals surface area contributed by atoms with E-state index >= 15 is 0 Å². The van der Waals surface area contributed by atoms with Crippen LogP contribution in [0.3, 0.4) is 0 Å². The maximum atomic E-state index is 12.2. The van der Waals surface area contributed by atoms with Gasteiger partial charge in [-0.05, 0) is 26.3 Å². The third-order valence-electron chi connectivity index (χ3n) is 3.60. The molecule has 0 aliphatic rings. The number of carbonyl (C=O) groups is 1. The molecule has 0 aromatic carbocycles. The number of carbonyl (C=O) groups excluding carboxylic acids is 1. The van der Waals surface area contributed by atoms with Crippen LogP contribution >= 0.6 is 0 Å². The molecule has 0 radical (unpaired) electrons. The molecule has 0 saturated carbocycles. The van der Waals surface area contributed by atoms with Crippen LogP contribution in [0.1, 0.15) is 62.9 Å². The lowest BCUT2D eigenvalue weighted by atomic mass is 9.93. The predicted octanol–water partition coefficient (Wildman–Crippen LogP) is 2.86. The third kappa shape index (κ3) is 3.23. The molecule has 1 N–H and O–H groups in total. The monoisotopic (exact) mass is 288 g/mol. The summed E-state index contributed by atoms with van der Waals surface area (Å²) in [4.78, 5) is 16.7. The Hall–Kier alpha value is -1.91. The Balaban J connectivity index is 2.42. The van der Waals surface area contributed by atoms with Gasteiger partial charge in [0.2, 0.25) is 0 Å². The number of hydrogen-bond acceptors (Lipinski definition) is 3. The van der Waals surface area contributed by atoms with Crippen LogP contribution in [0.4, 0.5) is 0 Å². The minimum absolute atomic E-state index is 0.0424. The van der Waals surface area contributed by atoms with E-state index in [1.54, 1.807) is 10.6 Å². The van der Waals surface area contributed by atoms with Crippen molar-refractivity contribution in [3.63, 3.8) is 0 Å². The molecule has 2 heterocycles. The summed E-state index contributed by atoms with van der Waals surface area (Å²) in [5.41, 5.74) is 3.00. The lowest BCUT2D eigenvalue weighted by molar-refractivity contribution is 0.0934. The van der Waals surface area contributed by atoms with E-state index in [2.05, 4.69) is 36.2 Å². The summed E-state index contributed by atoms with van der Waals surface area (Å²) >= 11 is 0. The first-order valence-corrected chi connectivity index (χ1v) is 7.41. The SMILES string of the molecule is CC[C@H](C)NC(=O)c1cc(C)n2nc(C(C)(C)C)cc2n1. The molecule has 0 saturated heterocycles. The first kappa shape index (κ1) is 15.5. The van der Waals surface area contributed by atoms with Crippen LogP contribution in [-0.2, 0) is 5.41 Å². The number of amides is 1. The van der Waals surface area contributed by atoms with Gasteiger partial charge in [-0.15, -0.1) is 0 Å². The minimum atomic E-state index is -0.131.